The van der Waals surface area contributed by atoms with E-state index in [1.165, 1.54) is 36.9 Å². The highest BCUT2D eigenvalue weighted by Gasteiger charge is 2.21. The van der Waals surface area contributed by atoms with E-state index in [1.54, 1.807) is 24.3 Å². The normalized spacial score (nSPS) is 12.6. The molecule has 6 N–H and O–H groups in total. The molecule has 1 atom stereocenters. The van der Waals surface area contributed by atoms with Gasteiger partial charge in [0.2, 0.25) is 0 Å². The van der Waals surface area contributed by atoms with Crippen molar-refractivity contribution in [3.8, 4) is 34.1 Å². The molecule has 5 aromatic rings. The Kier molecular flexibility index (Phi) is 10.9. The Labute approximate surface area is 309 Å². The number of hydrogen-bond donors (Lipinski definition) is 4. The van der Waals surface area contributed by atoms with Crippen LogP contribution in [0.3, 0.4) is 0 Å². The molecule has 1 aliphatic rings. The van der Waals surface area contributed by atoms with Crippen LogP contribution in [-0.4, -0.2) is 44.6 Å². The Balaban J connectivity index is 1.06. The second kappa shape index (κ2) is 15.9. The lowest BCUT2D eigenvalue weighted by atomic mass is 10.0. The van der Waals surface area contributed by atoms with Gasteiger partial charge in [0.1, 0.15) is 40.2 Å². The average molecular weight is 741 g/mol. The molecule has 0 fully saturated rings. The van der Waals surface area contributed by atoms with Crippen molar-refractivity contribution in [3.05, 3.63) is 118 Å². The molecule has 13 nitrogen and oxygen atoms in total. The van der Waals surface area contributed by atoms with Gasteiger partial charge in [-0.05, 0) is 73.4 Å². The number of fused-ring (bicyclic) bond motifs is 1. The molecular formula is C39H38F2N6O7. The van der Waals surface area contributed by atoms with Crippen LogP contribution in [0.4, 0.5) is 42.9 Å². The van der Waals surface area contributed by atoms with Crippen molar-refractivity contribution in [2.24, 2.45) is 0 Å². The fourth-order valence-corrected chi connectivity index (χ4v) is 6.08. The van der Waals surface area contributed by atoms with Gasteiger partial charge in [0.25, 0.3) is 5.69 Å². The minimum absolute atomic E-state index is 0.00671. The molecule has 0 amide bonds. The first-order valence-corrected chi connectivity index (χ1v) is 16.9. The quantitative estimate of drug-likeness (QED) is 0.0233. The maximum absolute atomic E-state index is 15.0. The van der Waals surface area contributed by atoms with Crippen LogP contribution in [0.1, 0.15) is 29.3 Å². The third kappa shape index (κ3) is 8.30. The van der Waals surface area contributed by atoms with E-state index in [2.05, 4.69) is 22.6 Å². The van der Waals surface area contributed by atoms with Crippen LogP contribution >= 0.6 is 0 Å². The van der Waals surface area contributed by atoms with Crippen molar-refractivity contribution < 1.29 is 37.4 Å². The number of ether oxygens (including phenoxy) is 4. The van der Waals surface area contributed by atoms with Crippen LogP contribution in [0.5, 0.6) is 23.0 Å². The fourth-order valence-electron chi connectivity index (χ4n) is 6.08. The molecular weight excluding hydrogens is 702 g/mol. The van der Waals surface area contributed by atoms with Crippen LogP contribution in [0.2, 0.25) is 0 Å². The number of esters is 1. The van der Waals surface area contributed by atoms with Gasteiger partial charge >= 0.3 is 5.97 Å². The molecule has 1 aliphatic heterocycles. The molecule has 0 aromatic heterocycles. The first-order chi connectivity index (χ1) is 25.9. The molecule has 5 aromatic carbocycles. The van der Waals surface area contributed by atoms with Crippen molar-refractivity contribution >= 4 is 40.1 Å². The molecule has 0 saturated heterocycles. The molecule has 0 saturated carbocycles. The predicted molar refractivity (Wildman–Crippen MR) is 203 cm³/mol. The summed E-state index contributed by atoms with van der Waals surface area (Å²) in [6.45, 7) is 2.83. The number of nitro groups is 1. The summed E-state index contributed by atoms with van der Waals surface area (Å²) in [5.41, 5.74) is 16.4. The number of carbonyl (C=O) groups excluding carboxylic acids is 1. The molecule has 1 heterocycles. The van der Waals surface area contributed by atoms with Gasteiger partial charge in [-0.15, -0.1) is 0 Å². The number of rotatable bonds is 13. The number of nitrogens with zero attached hydrogens (tertiary/aromatic N) is 2. The second-order valence-electron chi connectivity index (χ2n) is 12.5. The number of nitro benzene ring substituents is 1. The number of methoxy groups -OCH3 is 1. The van der Waals surface area contributed by atoms with Gasteiger partial charge in [-0.25, -0.2) is 13.6 Å². The minimum Gasteiger partial charge on any atom is -0.496 e. The zero-order valence-electron chi connectivity index (χ0n) is 29.7. The van der Waals surface area contributed by atoms with Crippen molar-refractivity contribution in [1.29, 1.82) is 0 Å². The van der Waals surface area contributed by atoms with Gasteiger partial charge in [-0.2, -0.15) is 0 Å². The van der Waals surface area contributed by atoms with Crippen molar-refractivity contribution in [3.63, 3.8) is 0 Å². The van der Waals surface area contributed by atoms with Crippen LogP contribution in [0.25, 0.3) is 11.1 Å². The summed E-state index contributed by atoms with van der Waals surface area (Å²) >= 11 is 0. The van der Waals surface area contributed by atoms with Gasteiger partial charge in [-0.3, -0.25) is 10.1 Å². The van der Waals surface area contributed by atoms with E-state index in [0.717, 1.165) is 49.3 Å². The number of carbonyl (C=O) groups is 1. The summed E-state index contributed by atoms with van der Waals surface area (Å²) < 4.78 is 52.7. The molecule has 0 bridgehead atoms. The van der Waals surface area contributed by atoms with E-state index in [1.807, 2.05) is 19.1 Å². The summed E-state index contributed by atoms with van der Waals surface area (Å²) in [6, 6.07) is 20.2. The lowest BCUT2D eigenvalue weighted by molar-refractivity contribution is -0.384. The van der Waals surface area contributed by atoms with Crippen LogP contribution in [0, 0.1) is 21.7 Å². The van der Waals surface area contributed by atoms with Crippen LogP contribution < -0.4 is 45.9 Å². The Morgan fingerprint density at radius 1 is 0.926 bits per heavy atom. The van der Waals surface area contributed by atoms with E-state index < -0.39 is 34.3 Å². The van der Waals surface area contributed by atoms with Crippen molar-refractivity contribution in [2.45, 2.75) is 26.0 Å². The zero-order chi connectivity index (χ0) is 38.5. The van der Waals surface area contributed by atoms with Crippen LogP contribution in [0.15, 0.2) is 84.9 Å². The summed E-state index contributed by atoms with van der Waals surface area (Å²) in [5.74, 6) is -2.23. The van der Waals surface area contributed by atoms with Gasteiger partial charge in [-0.1, -0.05) is 0 Å². The Bertz CT molecular complexity index is 2180. The molecule has 15 heteroatoms. The smallest absolute Gasteiger partial charge is 0.347 e. The highest BCUT2D eigenvalue weighted by molar-refractivity contribution is 5.94. The standard InChI is InChI=1S/C39H38F2N6O7/c1-22(53-37-20-34-24(15-33(37)43)5-4-14-46(34)2)45-26-9-13-32(42)36(17-26)52-21-44-25-8-12-29(35(16-25)51-3)39(48)54-28-18-30(40)38(31(41)19-28)23-6-10-27(11-7-23)47(49)50/h6-13,15-20,22,44-45H,4-5,14,21,42-43H2,1-3H3. The predicted octanol–water partition coefficient (Wildman–Crippen LogP) is 7.60. The number of hydrogen-bond acceptors (Lipinski definition) is 12. The topological polar surface area (TPSA) is 176 Å². The maximum Gasteiger partial charge on any atom is 0.347 e. The van der Waals surface area contributed by atoms with Gasteiger partial charge < -0.3 is 45.9 Å². The number of benzene rings is 5. The summed E-state index contributed by atoms with van der Waals surface area (Å²) in [6.07, 6.45) is 1.62. The molecule has 280 valence electrons. The molecule has 1 unspecified atom stereocenters. The number of nitrogens with one attached hydrogen (secondary N) is 2. The molecule has 0 spiro atoms. The highest BCUT2D eigenvalue weighted by Crippen LogP contribution is 2.36. The lowest BCUT2D eigenvalue weighted by Gasteiger charge is -2.29. The van der Waals surface area contributed by atoms with Crippen molar-refractivity contribution in [1.82, 2.24) is 0 Å². The van der Waals surface area contributed by atoms with E-state index in [-0.39, 0.29) is 35.0 Å². The van der Waals surface area contributed by atoms with E-state index in [9.17, 15) is 23.7 Å². The molecule has 54 heavy (non-hydrogen) atoms. The SMILES string of the molecule is COc1cc(NCOc2cc(NC(C)Oc3cc4c(cc3N)CCCN4C)ccc2N)ccc1C(=O)Oc1cc(F)c(-c2ccc([N+](=O)[O-])cc2)c(F)c1. The number of anilines is 5. The number of halogens is 2. The monoisotopic (exact) mass is 740 g/mol. The second-order valence-corrected chi connectivity index (χ2v) is 12.5. The number of nitrogen functional groups attached to an aromatic ring is 2. The van der Waals surface area contributed by atoms with Crippen molar-refractivity contribution in [2.75, 3.05) is 54.4 Å². The summed E-state index contributed by atoms with van der Waals surface area (Å²) in [7, 11) is 3.41. The Morgan fingerprint density at radius 2 is 1.63 bits per heavy atom. The van der Waals surface area contributed by atoms with Gasteiger partial charge in [0.05, 0.1) is 29.0 Å². The van der Waals surface area contributed by atoms with Gasteiger partial charge in [0, 0.05) is 73.1 Å². The van der Waals surface area contributed by atoms with E-state index >= 15 is 0 Å². The van der Waals surface area contributed by atoms with E-state index in [4.69, 9.17) is 30.4 Å². The largest absolute Gasteiger partial charge is 0.496 e. The summed E-state index contributed by atoms with van der Waals surface area (Å²) in [5, 5.41) is 17.3. The number of non-ortho nitro benzene ring substituents is 1. The first-order valence-electron chi connectivity index (χ1n) is 16.9. The Hall–Kier alpha value is -6.77. The lowest BCUT2D eigenvalue weighted by Crippen LogP contribution is -2.26. The minimum atomic E-state index is -1.02. The molecule has 0 radical (unpaired) electrons. The number of aryl methyl sites for hydroxylation is 1. The maximum atomic E-state index is 15.0. The summed E-state index contributed by atoms with van der Waals surface area (Å²) in [4.78, 5) is 25.5. The Morgan fingerprint density at radius 3 is 2.33 bits per heavy atom. The molecule has 6 rings (SSSR count). The van der Waals surface area contributed by atoms with E-state index in [0.29, 0.717) is 34.2 Å². The fraction of sp³-hybridized carbons (Fsp3) is 0.205. The number of nitrogens with two attached hydrogens (primary N) is 2. The first kappa shape index (κ1) is 37.0. The van der Waals surface area contributed by atoms with Crippen LogP contribution in [-0.2, 0) is 6.42 Å². The van der Waals surface area contributed by atoms with Gasteiger partial charge in [0.15, 0.2) is 13.0 Å². The molecule has 0 aliphatic carbocycles. The third-order valence-corrected chi connectivity index (χ3v) is 8.77. The third-order valence-electron chi connectivity index (χ3n) is 8.77. The average Bonchev–Trinajstić information content (AvgIpc) is 3.13. The zero-order valence-corrected chi connectivity index (χ0v) is 29.7. The highest BCUT2D eigenvalue weighted by atomic mass is 19.1.